The number of amides is 1. The summed E-state index contributed by atoms with van der Waals surface area (Å²) in [5, 5.41) is 2.84. The summed E-state index contributed by atoms with van der Waals surface area (Å²) in [6.07, 6.45) is 0. The van der Waals surface area contributed by atoms with Gasteiger partial charge in [-0.1, -0.05) is 42.5 Å². The third-order valence-corrected chi connectivity index (χ3v) is 4.28. The number of benzene rings is 3. The Hall–Kier alpha value is -3.18. The van der Waals surface area contributed by atoms with Crippen molar-refractivity contribution in [2.24, 2.45) is 0 Å². The van der Waals surface area contributed by atoms with E-state index in [4.69, 9.17) is 9.47 Å². The molecule has 0 atom stereocenters. The van der Waals surface area contributed by atoms with E-state index in [1.54, 1.807) is 37.4 Å². The van der Waals surface area contributed by atoms with Gasteiger partial charge in [-0.15, -0.1) is 0 Å². The molecule has 0 fully saturated rings. The molecule has 144 valence electrons. The highest BCUT2D eigenvalue weighted by molar-refractivity contribution is 5.94. The van der Waals surface area contributed by atoms with Crippen LogP contribution in [0.2, 0.25) is 0 Å². The minimum absolute atomic E-state index is 0.212. The Morgan fingerprint density at radius 2 is 1.68 bits per heavy atom. The minimum Gasteiger partial charge on any atom is -0.496 e. The van der Waals surface area contributed by atoms with Crippen LogP contribution >= 0.6 is 0 Å². The summed E-state index contributed by atoms with van der Waals surface area (Å²) in [5.41, 5.74) is 3.22. The highest BCUT2D eigenvalue weighted by atomic mass is 19.1. The van der Waals surface area contributed by atoms with Crippen LogP contribution in [0.15, 0.2) is 72.8 Å². The molecule has 0 aliphatic carbocycles. The van der Waals surface area contributed by atoms with Crippen LogP contribution in [0, 0.1) is 5.82 Å². The van der Waals surface area contributed by atoms with Gasteiger partial charge in [-0.05, 0) is 41.5 Å². The van der Waals surface area contributed by atoms with Crippen LogP contribution in [0.1, 0.15) is 27.0 Å². The van der Waals surface area contributed by atoms with Gasteiger partial charge in [-0.2, -0.15) is 0 Å². The Bertz CT molecular complexity index is 911. The predicted octanol–water partition coefficient (Wildman–Crippen LogP) is 4.48. The van der Waals surface area contributed by atoms with Crippen LogP contribution in [0.3, 0.4) is 0 Å². The molecule has 3 aromatic rings. The molecule has 4 nitrogen and oxygen atoms in total. The zero-order valence-electron chi connectivity index (χ0n) is 15.7. The van der Waals surface area contributed by atoms with Gasteiger partial charge in [0.2, 0.25) is 0 Å². The first-order valence-electron chi connectivity index (χ1n) is 8.97. The molecule has 28 heavy (non-hydrogen) atoms. The molecule has 0 aliphatic heterocycles. The first-order valence-corrected chi connectivity index (χ1v) is 8.97. The van der Waals surface area contributed by atoms with Crippen LogP contribution in [0.4, 0.5) is 4.39 Å². The van der Waals surface area contributed by atoms with Gasteiger partial charge < -0.3 is 14.8 Å². The number of halogens is 1. The molecule has 0 saturated carbocycles. The average molecular weight is 379 g/mol. The number of hydrogen-bond donors (Lipinski definition) is 1. The third-order valence-electron chi connectivity index (χ3n) is 4.28. The van der Waals surface area contributed by atoms with Crippen molar-refractivity contribution in [1.29, 1.82) is 0 Å². The second kappa shape index (κ2) is 9.67. The Morgan fingerprint density at radius 1 is 0.929 bits per heavy atom. The monoisotopic (exact) mass is 379 g/mol. The summed E-state index contributed by atoms with van der Waals surface area (Å²) in [6, 6.07) is 21.1. The van der Waals surface area contributed by atoms with Crippen molar-refractivity contribution in [3.63, 3.8) is 0 Å². The molecular weight excluding hydrogens is 357 g/mol. The standard InChI is InChI=1S/C23H22FNO3/c1-27-22-12-9-19(23(26)25-14-17-7-10-21(24)11-8-17)13-20(22)16-28-15-18-5-3-2-4-6-18/h2-13H,14-16H2,1H3,(H,25,26). The van der Waals surface area contributed by atoms with E-state index in [9.17, 15) is 9.18 Å². The predicted molar refractivity (Wildman–Crippen MR) is 105 cm³/mol. The quantitative estimate of drug-likeness (QED) is 0.628. The number of carbonyl (C=O) groups is 1. The highest BCUT2D eigenvalue weighted by Crippen LogP contribution is 2.21. The summed E-state index contributed by atoms with van der Waals surface area (Å²) in [4.78, 5) is 12.5. The fourth-order valence-electron chi connectivity index (χ4n) is 2.77. The topological polar surface area (TPSA) is 47.6 Å². The summed E-state index contributed by atoms with van der Waals surface area (Å²) in [6.45, 7) is 1.13. The van der Waals surface area contributed by atoms with E-state index in [1.807, 2.05) is 30.3 Å². The van der Waals surface area contributed by atoms with Crippen molar-refractivity contribution < 1.29 is 18.7 Å². The van der Waals surface area contributed by atoms with Gasteiger partial charge >= 0.3 is 0 Å². The molecule has 0 radical (unpaired) electrons. The van der Waals surface area contributed by atoms with E-state index in [2.05, 4.69) is 5.32 Å². The fourth-order valence-corrected chi connectivity index (χ4v) is 2.77. The zero-order valence-corrected chi connectivity index (χ0v) is 15.7. The lowest BCUT2D eigenvalue weighted by Crippen LogP contribution is -2.23. The maximum atomic E-state index is 13.0. The number of rotatable bonds is 8. The summed E-state index contributed by atoms with van der Waals surface area (Å²) in [7, 11) is 1.59. The minimum atomic E-state index is -0.301. The van der Waals surface area contributed by atoms with Gasteiger partial charge in [-0.25, -0.2) is 4.39 Å². The largest absolute Gasteiger partial charge is 0.496 e. The van der Waals surface area contributed by atoms with Crippen molar-refractivity contribution in [1.82, 2.24) is 5.32 Å². The molecule has 1 N–H and O–H groups in total. The van der Waals surface area contributed by atoms with E-state index in [1.165, 1.54) is 12.1 Å². The smallest absolute Gasteiger partial charge is 0.251 e. The van der Waals surface area contributed by atoms with Crippen molar-refractivity contribution in [2.45, 2.75) is 19.8 Å². The Balaban J connectivity index is 1.62. The van der Waals surface area contributed by atoms with Gasteiger partial charge in [0.25, 0.3) is 5.91 Å². The van der Waals surface area contributed by atoms with Crippen LogP contribution in [-0.2, 0) is 24.5 Å². The molecule has 0 spiro atoms. The molecule has 0 bridgehead atoms. The Morgan fingerprint density at radius 3 is 2.39 bits per heavy atom. The van der Waals surface area contributed by atoms with Crippen LogP contribution in [0.25, 0.3) is 0 Å². The van der Waals surface area contributed by atoms with E-state index in [0.717, 1.165) is 16.7 Å². The SMILES string of the molecule is COc1ccc(C(=O)NCc2ccc(F)cc2)cc1COCc1ccccc1. The molecule has 0 saturated heterocycles. The van der Waals surface area contributed by atoms with Gasteiger partial charge in [0, 0.05) is 17.7 Å². The third kappa shape index (κ3) is 5.41. The van der Waals surface area contributed by atoms with E-state index < -0.39 is 0 Å². The molecule has 0 unspecified atom stereocenters. The van der Waals surface area contributed by atoms with Gasteiger partial charge in [0.1, 0.15) is 11.6 Å². The second-order valence-electron chi connectivity index (χ2n) is 6.31. The molecule has 0 aromatic heterocycles. The molecule has 0 heterocycles. The first kappa shape index (κ1) is 19.6. The Labute approximate surface area is 163 Å². The molecule has 5 heteroatoms. The maximum Gasteiger partial charge on any atom is 0.251 e. The average Bonchev–Trinajstić information content (AvgIpc) is 2.74. The maximum absolute atomic E-state index is 13.0. The van der Waals surface area contributed by atoms with E-state index in [0.29, 0.717) is 31.1 Å². The second-order valence-corrected chi connectivity index (χ2v) is 6.31. The first-order chi connectivity index (χ1) is 13.7. The normalized spacial score (nSPS) is 10.5. The van der Waals surface area contributed by atoms with Crippen molar-refractivity contribution in [3.8, 4) is 5.75 Å². The van der Waals surface area contributed by atoms with Gasteiger partial charge in [0.05, 0.1) is 20.3 Å². The van der Waals surface area contributed by atoms with Gasteiger partial charge in [-0.3, -0.25) is 4.79 Å². The van der Waals surface area contributed by atoms with Crippen LogP contribution in [0.5, 0.6) is 5.75 Å². The molecule has 1 amide bonds. The summed E-state index contributed by atoms with van der Waals surface area (Å²) >= 11 is 0. The lowest BCUT2D eigenvalue weighted by atomic mass is 10.1. The van der Waals surface area contributed by atoms with Crippen molar-refractivity contribution >= 4 is 5.91 Å². The lowest BCUT2D eigenvalue weighted by molar-refractivity contribution is 0.0948. The Kier molecular flexibility index (Phi) is 6.76. The lowest BCUT2D eigenvalue weighted by Gasteiger charge is -2.12. The highest BCUT2D eigenvalue weighted by Gasteiger charge is 2.11. The summed E-state index contributed by atoms with van der Waals surface area (Å²) < 4.78 is 24.1. The zero-order chi connectivity index (χ0) is 19.8. The van der Waals surface area contributed by atoms with E-state index >= 15 is 0 Å². The number of methoxy groups -OCH3 is 1. The van der Waals surface area contributed by atoms with Crippen LogP contribution < -0.4 is 10.1 Å². The van der Waals surface area contributed by atoms with E-state index in [-0.39, 0.29) is 11.7 Å². The van der Waals surface area contributed by atoms with Crippen molar-refractivity contribution in [3.05, 3.63) is 101 Å². The molecular formula is C23H22FNO3. The van der Waals surface area contributed by atoms with Crippen LogP contribution in [-0.4, -0.2) is 13.0 Å². The van der Waals surface area contributed by atoms with Gasteiger partial charge in [0.15, 0.2) is 0 Å². The molecule has 0 aliphatic rings. The number of hydrogen-bond acceptors (Lipinski definition) is 3. The number of nitrogens with one attached hydrogen (secondary N) is 1. The van der Waals surface area contributed by atoms with Crippen molar-refractivity contribution in [2.75, 3.05) is 7.11 Å². The molecule has 3 rings (SSSR count). The fraction of sp³-hybridized carbons (Fsp3) is 0.174. The number of ether oxygens (including phenoxy) is 2. The summed E-state index contributed by atoms with van der Waals surface area (Å²) in [5.74, 6) is 0.157. The number of carbonyl (C=O) groups excluding carboxylic acids is 1. The molecule has 3 aromatic carbocycles.